The summed E-state index contributed by atoms with van der Waals surface area (Å²) in [6, 6.07) is 8.05. The first kappa shape index (κ1) is 14.7. The highest BCUT2D eigenvalue weighted by Gasteiger charge is 2.12. The van der Waals surface area contributed by atoms with Crippen LogP contribution in [0.5, 0.6) is 0 Å². The molecule has 0 spiro atoms. The Bertz CT molecular complexity index is 757. The summed E-state index contributed by atoms with van der Waals surface area (Å²) < 4.78 is 19.5. The van der Waals surface area contributed by atoms with Gasteiger partial charge in [0.25, 0.3) is 0 Å². The zero-order valence-corrected chi connectivity index (χ0v) is 12.6. The first-order valence-electron chi connectivity index (χ1n) is 6.76. The molecule has 1 atom stereocenters. The van der Waals surface area contributed by atoms with Gasteiger partial charge in [0, 0.05) is 5.02 Å². The first-order chi connectivity index (χ1) is 10.6. The van der Waals surface area contributed by atoms with E-state index in [1.165, 1.54) is 12.4 Å². The van der Waals surface area contributed by atoms with Crippen LogP contribution in [0.25, 0.3) is 11.3 Å². The van der Waals surface area contributed by atoms with Crippen molar-refractivity contribution in [1.29, 1.82) is 0 Å². The van der Waals surface area contributed by atoms with E-state index < -0.39 is 5.82 Å². The van der Waals surface area contributed by atoms with Crippen LogP contribution in [-0.4, -0.2) is 15.2 Å². The lowest BCUT2D eigenvalue weighted by molar-refractivity contribution is 0.459. The van der Waals surface area contributed by atoms with Crippen LogP contribution < -0.4 is 5.32 Å². The Morgan fingerprint density at radius 3 is 2.95 bits per heavy atom. The molecule has 0 saturated heterocycles. The van der Waals surface area contributed by atoms with Crippen molar-refractivity contribution in [3.8, 4) is 11.3 Å². The van der Waals surface area contributed by atoms with Gasteiger partial charge in [-0.15, -0.1) is 0 Å². The van der Waals surface area contributed by atoms with Crippen molar-refractivity contribution in [3.63, 3.8) is 0 Å². The number of rotatable bonds is 5. The van der Waals surface area contributed by atoms with E-state index in [1.807, 2.05) is 13.0 Å². The molecule has 0 saturated carbocycles. The van der Waals surface area contributed by atoms with Crippen LogP contribution >= 0.6 is 11.6 Å². The molecule has 2 N–H and O–H groups in total. The number of nitrogens with zero attached hydrogens (tertiary/aromatic N) is 2. The SMILES string of the molecule is C[C@H](NCc1ccc(-c2ccc(Cl)cc2F)o1)c1ncn[nH]1. The van der Waals surface area contributed by atoms with Gasteiger partial charge in [-0.05, 0) is 37.3 Å². The molecule has 1 aromatic carbocycles. The molecule has 7 heteroatoms. The van der Waals surface area contributed by atoms with Gasteiger partial charge in [-0.2, -0.15) is 5.10 Å². The number of nitrogens with one attached hydrogen (secondary N) is 2. The molecule has 0 aliphatic carbocycles. The second-order valence-electron chi connectivity index (χ2n) is 4.86. The van der Waals surface area contributed by atoms with Crippen LogP contribution in [0, 0.1) is 5.82 Å². The number of H-pyrrole nitrogens is 1. The van der Waals surface area contributed by atoms with E-state index >= 15 is 0 Å². The summed E-state index contributed by atoms with van der Waals surface area (Å²) in [6.07, 6.45) is 1.46. The lowest BCUT2D eigenvalue weighted by atomic mass is 10.1. The quantitative estimate of drug-likeness (QED) is 0.752. The van der Waals surface area contributed by atoms with Crippen LogP contribution in [0.2, 0.25) is 5.02 Å². The van der Waals surface area contributed by atoms with Gasteiger partial charge in [-0.25, -0.2) is 9.37 Å². The number of hydrogen-bond acceptors (Lipinski definition) is 4. The molecule has 0 fully saturated rings. The zero-order chi connectivity index (χ0) is 15.5. The van der Waals surface area contributed by atoms with Crippen molar-refractivity contribution in [2.45, 2.75) is 19.5 Å². The Labute approximate surface area is 131 Å². The van der Waals surface area contributed by atoms with Gasteiger partial charge in [-0.1, -0.05) is 11.6 Å². The van der Waals surface area contributed by atoms with Crippen molar-refractivity contribution >= 4 is 11.6 Å². The standard InChI is InChI=1S/C15H14ClFN4O/c1-9(15-19-8-20-21-15)18-7-11-3-5-14(22-11)12-4-2-10(16)6-13(12)17/h2-6,8-9,18H,7H2,1H3,(H,19,20,21)/t9-/m0/s1. The summed E-state index contributed by atoms with van der Waals surface area (Å²) in [5, 5.41) is 10.2. The largest absolute Gasteiger partial charge is 0.460 e. The molecule has 0 bridgehead atoms. The molecule has 0 amide bonds. The van der Waals surface area contributed by atoms with Crippen molar-refractivity contribution in [2.75, 3.05) is 0 Å². The van der Waals surface area contributed by atoms with Gasteiger partial charge in [0.05, 0.1) is 18.2 Å². The van der Waals surface area contributed by atoms with Crippen LogP contribution in [-0.2, 0) is 6.54 Å². The first-order valence-corrected chi connectivity index (χ1v) is 7.14. The fourth-order valence-electron chi connectivity index (χ4n) is 2.08. The minimum absolute atomic E-state index is 0.00307. The van der Waals surface area contributed by atoms with E-state index in [4.69, 9.17) is 16.0 Å². The molecule has 3 rings (SSSR count). The molecule has 114 valence electrons. The summed E-state index contributed by atoms with van der Waals surface area (Å²) in [6.45, 7) is 2.46. The predicted octanol–water partition coefficient (Wildman–Crippen LogP) is 3.71. The summed E-state index contributed by atoms with van der Waals surface area (Å²) >= 11 is 5.75. The smallest absolute Gasteiger partial charge is 0.141 e. The monoisotopic (exact) mass is 320 g/mol. The second-order valence-corrected chi connectivity index (χ2v) is 5.30. The maximum atomic E-state index is 13.9. The maximum Gasteiger partial charge on any atom is 0.141 e. The Morgan fingerprint density at radius 2 is 2.23 bits per heavy atom. The Balaban J connectivity index is 1.69. The summed E-state index contributed by atoms with van der Waals surface area (Å²) in [5.41, 5.74) is 0.388. The van der Waals surface area contributed by atoms with Gasteiger partial charge in [0.15, 0.2) is 0 Å². The highest BCUT2D eigenvalue weighted by molar-refractivity contribution is 6.30. The van der Waals surface area contributed by atoms with Crippen molar-refractivity contribution in [1.82, 2.24) is 20.5 Å². The van der Waals surface area contributed by atoms with Crippen LogP contribution in [0.4, 0.5) is 4.39 Å². The van der Waals surface area contributed by atoms with E-state index in [9.17, 15) is 4.39 Å². The normalized spacial score (nSPS) is 12.5. The molecule has 3 aromatic rings. The summed E-state index contributed by atoms with van der Waals surface area (Å²) in [7, 11) is 0. The Kier molecular flexibility index (Phi) is 4.22. The van der Waals surface area contributed by atoms with E-state index in [1.54, 1.807) is 18.2 Å². The van der Waals surface area contributed by atoms with Gasteiger partial charge in [0.2, 0.25) is 0 Å². The molecule has 0 radical (unpaired) electrons. The third kappa shape index (κ3) is 3.18. The van der Waals surface area contributed by atoms with Crippen LogP contribution in [0.15, 0.2) is 41.1 Å². The number of halogens is 2. The van der Waals surface area contributed by atoms with Gasteiger partial charge < -0.3 is 9.73 Å². The lowest BCUT2D eigenvalue weighted by Crippen LogP contribution is -2.18. The molecular formula is C15H14ClFN4O. The number of aromatic nitrogens is 3. The molecule has 5 nitrogen and oxygen atoms in total. The molecule has 22 heavy (non-hydrogen) atoms. The molecule has 0 aliphatic rings. The Morgan fingerprint density at radius 1 is 1.36 bits per heavy atom. The number of benzene rings is 1. The van der Waals surface area contributed by atoms with Gasteiger partial charge in [0.1, 0.15) is 29.5 Å². The second kappa shape index (κ2) is 6.29. The molecule has 0 aliphatic heterocycles. The topological polar surface area (TPSA) is 66.7 Å². The van der Waals surface area contributed by atoms with Crippen molar-refractivity contribution in [3.05, 3.63) is 59.1 Å². The van der Waals surface area contributed by atoms with E-state index in [-0.39, 0.29) is 6.04 Å². The van der Waals surface area contributed by atoms with Gasteiger partial charge >= 0.3 is 0 Å². The van der Waals surface area contributed by atoms with Crippen molar-refractivity contribution in [2.24, 2.45) is 0 Å². The van der Waals surface area contributed by atoms with Crippen LogP contribution in [0.3, 0.4) is 0 Å². The third-order valence-electron chi connectivity index (χ3n) is 3.28. The van der Waals surface area contributed by atoms with Crippen LogP contribution in [0.1, 0.15) is 24.6 Å². The Hall–Kier alpha value is -2.18. The van der Waals surface area contributed by atoms with E-state index in [0.29, 0.717) is 28.7 Å². The molecule has 0 unspecified atom stereocenters. The number of furan rings is 1. The maximum absolute atomic E-state index is 13.9. The summed E-state index contributed by atoms with van der Waals surface area (Å²) in [5.74, 6) is 1.51. The van der Waals surface area contributed by atoms with Crippen molar-refractivity contribution < 1.29 is 8.81 Å². The minimum atomic E-state index is -0.406. The fourth-order valence-corrected chi connectivity index (χ4v) is 2.24. The average Bonchev–Trinajstić information content (AvgIpc) is 3.16. The molecule has 2 aromatic heterocycles. The number of hydrogen-bond donors (Lipinski definition) is 2. The zero-order valence-electron chi connectivity index (χ0n) is 11.8. The highest BCUT2D eigenvalue weighted by Crippen LogP contribution is 2.27. The fraction of sp³-hybridized carbons (Fsp3) is 0.200. The average molecular weight is 321 g/mol. The third-order valence-corrected chi connectivity index (χ3v) is 3.52. The predicted molar refractivity (Wildman–Crippen MR) is 80.7 cm³/mol. The minimum Gasteiger partial charge on any atom is -0.460 e. The highest BCUT2D eigenvalue weighted by atomic mass is 35.5. The lowest BCUT2D eigenvalue weighted by Gasteiger charge is -2.09. The molecular weight excluding hydrogens is 307 g/mol. The van der Waals surface area contributed by atoms with E-state index in [0.717, 1.165) is 5.82 Å². The number of aromatic amines is 1. The summed E-state index contributed by atoms with van der Waals surface area (Å²) in [4.78, 5) is 4.08. The molecule has 2 heterocycles. The van der Waals surface area contributed by atoms with Gasteiger partial charge in [-0.3, -0.25) is 5.10 Å². The van der Waals surface area contributed by atoms with E-state index in [2.05, 4.69) is 20.5 Å².